The number of halogens is 2. The first kappa shape index (κ1) is 15.2. The highest BCUT2D eigenvalue weighted by Crippen LogP contribution is 2.26. The average molecular weight is 312 g/mol. The van der Waals surface area contributed by atoms with Crippen LogP contribution in [0.5, 0.6) is 5.75 Å². The first-order valence-electron chi connectivity index (χ1n) is 6.07. The van der Waals surface area contributed by atoms with Crippen molar-refractivity contribution in [2.24, 2.45) is 4.36 Å². The van der Waals surface area contributed by atoms with E-state index in [1.807, 2.05) is 6.07 Å². The molecule has 0 spiro atoms. The zero-order chi connectivity index (χ0) is 15.5. The molecule has 0 fully saturated rings. The van der Waals surface area contributed by atoms with Gasteiger partial charge >= 0.3 is 0 Å². The standard InChI is InChI=1S/C14H14F2N2O2S/c1-17-21(20,9-10-5-3-2-4-6-10)18-11-7-8-12(19)14(16)13(11)15/h2-8,19H,9H2,1H3,(H,17,18,20). The first-order valence-corrected chi connectivity index (χ1v) is 7.75. The number of rotatable bonds is 4. The molecular weight excluding hydrogens is 298 g/mol. The maximum absolute atomic E-state index is 13.7. The number of nitrogens with zero attached hydrogens (tertiary/aromatic N) is 1. The Hall–Kier alpha value is -2.15. The summed E-state index contributed by atoms with van der Waals surface area (Å²) in [7, 11) is -1.66. The highest BCUT2D eigenvalue weighted by Gasteiger charge is 2.17. The lowest BCUT2D eigenvalue weighted by Crippen LogP contribution is -2.16. The van der Waals surface area contributed by atoms with Gasteiger partial charge in [-0.1, -0.05) is 30.3 Å². The second-order valence-electron chi connectivity index (χ2n) is 4.32. The van der Waals surface area contributed by atoms with Crippen molar-refractivity contribution in [3.8, 4) is 5.75 Å². The third-order valence-electron chi connectivity index (χ3n) is 2.83. The zero-order valence-electron chi connectivity index (χ0n) is 11.2. The summed E-state index contributed by atoms with van der Waals surface area (Å²) in [5.41, 5.74) is 0.442. The predicted octanol–water partition coefficient (Wildman–Crippen LogP) is 3.30. The molecule has 0 radical (unpaired) electrons. The molecule has 2 aromatic carbocycles. The molecule has 2 N–H and O–H groups in total. The second-order valence-corrected chi connectivity index (χ2v) is 6.45. The van der Waals surface area contributed by atoms with Crippen molar-refractivity contribution in [1.29, 1.82) is 0 Å². The molecule has 0 aliphatic heterocycles. The van der Waals surface area contributed by atoms with E-state index in [0.29, 0.717) is 0 Å². The van der Waals surface area contributed by atoms with E-state index in [-0.39, 0.29) is 11.4 Å². The van der Waals surface area contributed by atoms with E-state index in [1.165, 1.54) is 7.05 Å². The molecule has 0 saturated carbocycles. The minimum absolute atomic E-state index is 0.0479. The smallest absolute Gasteiger partial charge is 0.202 e. The minimum Gasteiger partial charge on any atom is -0.505 e. The van der Waals surface area contributed by atoms with Gasteiger partial charge in [0.15, 0.2) is 11.6 Å². The van der Waals surface area contributed by atoms with E-state index in [4.69, 9.17) is 5.11 Å². The van der Waals surface area contributed by atoms with Crippen molar-refractivity contribution >= 4 is 15.6 Å². The average Bonchev–Trinajstić information content (AvgIpc) is 2.49. The fourth-order valence-electron chi connectivity index (χ4n) is 1.74. The molecule has 0 bridgehead atoms. The number of phenols is 1. The van der Waals surface area contributed by atoms with Gasteiger partial charge in [-0.25, -0.2) is 13.0 Å². The lowest BCUT2D eigenvalue weighted by atomic mass is 10.2. The monoisotopic (exact) mass is 312 g/mol. The van der Waals surface area contributed by atoms with Crippen LogP contribution in [0.15, 0.2) is 46.8 Å². The van der Waals surface area contributed by atoms with Gasteiger partial charge in [0.05, 0.1) is 11.4 Å². The summed E-state index contributed by atoms with van der Waals surface area (Å²) in [6.45, 7) is 0. The maximum Gasteiger partial charge on any atom is 0.202 e. The van der Waals surface area contributed by atoms with Gasteiger partial charge in [-0.3, -0.25) is 4.72 Å². The molecule has 112 valence electrons. The molecule has 2 aromatic rings. The summed E-state index contributed by atoms with van der Waals surface area (Å²) < 4.78 is 45.8. The highest BCUT2D eigenvalue weighted by atomic mass is 32.2. The summed E-state index contributed by atoms with van der Waals surface area (Å²) in [6, 6.07) is 11.0. The van der Waals surface area contributed by atoms with E-state index in [1.54, 1.807) is 24.3 Å². The molecule has 0 saturated heterocycles. The first-order chi connectivity index (χ1) is 9.95. The summed E-state index contributed by atoms with van der Waals surface area (Å²) in [5, 5.41) is 9.08. The number of benzene rings is 2. The summed E-state index contributed by atoms with van der Waals surface area (Å²) in [6.07, 6.45) is 0. The van der Waals surface area contributed by atoms with E-state index in [9.17, 15) is 13.0 Å². The molecule has 0 aromatic heterocycles. The Morgan fingerprint density at radius 2 is 1.81 bits per heavy atom. The van der Waals surface area contributed by atoms with Crippen LogP contribution in [0.3, 0.4) is 0 Å². The topological polar surface area (TPSA) is 61.7 Å². The quantitative estimate of drug-likeness (QED) is 0.851. The number of nitrogens with one attached hydrogen (secondary N) is 1. The van der Waals surface area contributed by atoms with Gasteiger partial charge < -0.3 is 5.11 Å². The van der Waals surface area contributed by atoms with Crippen molar-refractivity contribution in [2.45, 2.75) is 5.75 Å². The molecule has 21 heavy (non-hydrogen) atoms. The van der Waals surface area contributed by atoms with Crippen LogP contribution in [0, 0.1) is 11.6 Å². The predicted molar refractivity (Wildman–Crippen MR) is 78.3 cm³/mol. The third kappa shape index (κ3) is 3.49. The largest absolute Gasteiger partial charge is 0.505 e. The second kappa shape index (κ2) is 6.09. The molecule has 0 aliphatic rings. The van der Waals surface area contributed by atoms with Crippen molar-refractivity contribution in [1.82, 2.24) is 0 Å². The summed E-state index contributed by atoms with van der Waals surface area (Å²) in [4.78, 5) is 0. The molecule has 4 nitrogen and oxygen atoms in total. The molecule has 0 heterocycles. The maximum atomic E-state index is 13.7. The van der Waals surface area contributed by atoms with Crippen molar-refractivity contribution in [3.05, 3.63) is 59.7 Å². The molecule has 1 unspecified atom stereocenters. The molecule has 7 heteroatoms. The normalized spacial score (nSPS) is 13.5. The molecule has 0 amide bonds. The Morgan fingerprint density at radius 1 is 1.14 bits per heavy atom. The lowest BCUT2D eigenvalue weighted by Gasteiger charge is -2.14. The van der Waals surface area contributed by atoms with Crippen molar-refractivity contribution < 1.29 is 18.1 Å². The number of aromatic hydroxyl groups is 1. The Labute approximate surface area is 121 Å². The van der Waals surface area contributed by atoms with Gasteiger partial charge in [-0.15, -0.1) is 0 Å². The van der Waals surface area contributed by atoms with Crippen molar-refractivity contribution in [2.75, 3.05) is 11.8 Å². The van der Waals surface area contributed by atoms with Crippen LogP contribution in [-0.2, 0) is 15.7 Å². The number of hydrogen-bond acceptors (Lipinski definition) is 3. The summed E-state index contributed by atoms with van der Waals surface area (Å²) >= 11 is 0. The van der Waals surface area contributed by atoms with Gasteiger partial charge in [-0.05, 0) is 17.7 Å². The molecule has 1 atom stereocenters. The Bertz CT molecular complexity index is 757. The van der Waals surface area contributed by atoms with Crippen LogP contribution < -0.4 is 4.72 Å². The van der Waals surface area contributed by atoms with Crippen LogP contribution in [0.2, 0.25) is 0 Å². The third-order valence-corrected chi connectivity index (χ3v) is 4.68. The lowest BCUT2D eigenvalue weighted by molar-refractivity contribution is 0.408. The molecule has 0 aliphatic carbocycles. The Kier molecular flexibility index (Phi) is 4.42. The van der Waals surface area contributed by atoms with Crippen LogP contribution in [0.25, 0.3) is 0 Å². The van der Waals surface area contributed by atoms with Gasteiger partial charge in [0, 0.05) is 7.05 Å². The fourth-order valence-corrected chi connectivity index (χ4v) is 3.17. The van der Waals surface area contributed by atoms with Gasteiger partial charge in [0.2, 0.25) is 5.82 Å². The minimum atomic E-state index is -3.00. The Morgan fingerprint density at radius 3 is 2.43 bits per heavy atom. The highest BCUT2D eigenvalue weighted by molar-refractivity contribution is 7.94. The van der Waals surface area contributed by atoms with Crippen LogP contribution in [-0.4, -0.2) is 16.4 Å². The van der Waals surface area contributed by atoms with Gasteiger partial charge in [-0.2, -0.15) is 4.39 Å². The van der Waals surface area contributed by atoms with Crippen LogP contribution >= 0.6 is 0 Å². The zero-order valence-corrected chi connectivity index (χ0v) is 12.0. The van der Waals surface area contributed by atoms with E-state index >= 15 is 0 Å². The number of hydrogen-bond donors (Lipinski definition) is 2. The van der Waals surface area contributed by atoms with Crippen LogP contribution in [0.4, 0.5) is 14.5 Å². The van der Waals surface area contributed by atoms with Crippen LogP contribution in [0.1, 0.15) is 5.56 Å². The van der Waals surface area contributed by atoms with Gasteiger partial charge in [0.25, 0.3) is 0 Å². The van der Waals surface area contributed by atoms with Gasteiger partial charge in [0.1, 0.15) is 9.92 Å². The number of phenolic OH excluding ortho intramolecular Hbond substituents is 1. The number of anilines is 1. The van der Waals surface area contributed by atoms with Crippen molar-refractivity contribution in [3.63, 3.8) is 0 Å². The van der Waals surface area contributed by atoms with E-state index < -0.39 is 27.3 Å². The summed E-state index contributed by atoms with van der Waals surface area (Å²) in [5.74, 6) is -3.44. The fraction of sp³-hybridized carbons (Fsp3) is 0.143. The SMILES string of the molecule is CN=S(=O)(Cc1ccccc1)Nc1ccc(O)c(F)c1F. The van der Waals surface area contributed by atoms with E-state index in [0.717, 1.165) is 17.7 Å². The Balaban J connectivity index is 2.32. The molecular formula is C14H14F2N2O2S. The van der Waals surface area contributed by atoms with E-state index in [2.05, 4.69) is 9.08 Å². The molecule has 2 rings (SSSR count).